The Morgan fingerprint density at radius 1 is 1.09 bits per heavy atom. The highest BCUT2D eigenvalue weighted by Crippen LogP contribution is 2.25. The van der Waals surface area contributed by atoms with E-state index in [-0.39, 0.29) is 11.4 Å². The first-order chi connectivity index (χ1) is 11.1. The molecule has 0 radical (unpaired) electrons. The lowest BCUT2D eigenvalue weighted by Crippen LogP contribution is -2.08. The zero-order valence-electron chi connectivity index (χ0n) is 12.3. The minimum atomic E-state index is -0.195. The molecule has 5 heteroatoms. The van der Waals surface area contributed by atoms with Crippen LogP contribution in [0, 0.1) is 22.7 Å². The Morgan fingerprint density at radius 2 is 1.74 bits per heavy atom. The van der Waals surface area contributed by atoms with E-state index in [2.05, 4.69) is 5.32 Å². The predicted octanol–water partition coefficient (Wildman–Crippen LogP) is 4.30. The molecule has 0 aliphatic carbocycles. The molecule has 2 aromatic carbocycles. The molecule has 0 aliphatic heterocycles. The van der Waals surface area contributed by atoms with Crippen molar-refractivity contribution in [1.82, 2.24) is 0 Å². The first-order valence-corrected chi connectivity index (χ1v) is 7.12. The highest BCUT2D eigenvalue weighted by Gasteiger charge is 2.15. The molecule has 0 bridgehead atoms. The van der Waals surface area contributed by atoms with E-state index in [0.29, 0.717) is 27.5 Å². The smallest absolute Gasteiger partial charge is 0.195 e. The minimum absolute atomic E-state index is 0.0435. The normalized spacial score (nSPS) is 9.39. The second kappa shape index (κ2) is 7.26. The van der Waals surface area contributed by atoms with Crippen LogP contribution in [-0.4, -0.2) is 5.78 Å². The second-order valence-corrected chi connectivity index (χ2v) is 5.17. The fourth-order valence-electron chi connectivity index (χ4n) is 2.02. The lowest BCUT2D eigenvalue weighted by Gasteiger charge is -2.12. The maximum absolute atomic E-state index is 12.7. The van der Waals surface area contributed by atoms with E-state index in [1.54, 1.807) is 49.4 Å². The number of nitrogens with zero attached hydrogens (tertiary/aromatic N) is 2. The molecule has 0 atom stereocenters. The number of nitriles is 2. The third kappa shape index (κ3) is 3.77. The quantitative estimate of drug-likeness (QED) is 0.672. The van der Waals surface area contributed by atoms with Crippen molar-refractivity contribution in [2.45, 2.75) is 6.92 Å². The van der Waals surface area contributed by atoms with Crippen LogP contribution in [0.3, 0.4) is 0 Å². The number of rotatable bonds is 4. The monoisotopic (exact) mass is 321 g/mol. The van der Waals surface area contributed by atoms with Crippen molar-refractivity contribution < 1.29 is 4.79 Å². The highest BCUT2D eigenvalue weighted by molar-refractivity contribution is 6.31. The minimum Gasteiger partial charge on any atom is -0.357 e. The van der Waals surface area contributed by atoms with Crippen molar-refractivity contribution in [3.05, 3.63) is 76.0 Å². The molecular weight excluding hydrogens is 310 g/mol. The first kappa shape index (κ1) is 16.3. The SMILES string of the molecule is CC(Nc1ccc(Cl)cc1C(=O)c1ccccc1)=C(C#N)C#N. The first-order valence-electron chi connectivity index (χ1n) is 6.74. The summed E-state index contributed by atoms with van der Waals surface area (Å²) >= 11 is 6.01. The number of allylic oxidation sites excluding steroid dienone is 2. The van der Waals surface area contributed by atoms with Gasteiger partial charge in [0.05, 0.1) is 0 Å². The van der Waals surface area contributed by atoms with Crippen molar-refractivity contribution >= 4 is 23.1 Å². The van der Waals surface area contributed by atoms with Gasteiger partial charge in [-0.1, -0.05) is 41.9 Å². The molecule has 0 saturated heterocycles. The topological polar surface area (TPSA) is 76.7 Å². The molecule has 2 aromatic rings. The number of carbonyl (C=O) groups is 1. The number of benzene rings is 2. The molecular formula is C18H12ClN3O. The van der Waals surface area contributed by atoms with Gasteiger partial charge in [-0.2, -0.15) is 10.5 Å². The summed E-state index contributed by atoms with van der Waals surface area (Å²) < 4.78 is 0. The van der Waals surface area contributed by atoms with Gasteiger partial charge >= 0.3 is 0 Å². The van der Waals surface area contributed by atoms with Crippen molar-refractivity contribution in [3.63, 3.8) is 0 Å². The number of halogens is 1. The summed E-state index contributed by atoms with van der Waals surface area (Å²) in [5.74, 6) is -0.195. The van der Waals surface area contributed by atoms with Gasteiger partial charge in [-0.15, -0.1) is 0 Å². The maximum atomic E-state index is 12.7. The predicted molar refractivity (Wildman–Crippen MR) is 88.9 cm³/mol. The summed E-state index contributed by atoms with van der Waals surface area (Å²) in [7, 11) is 0. The number of hydrogen-bond acceptors (Lipinski definition) is 4. The van der Waals surface area contributed by atoms with Crippen LogP contribution in [0.2, 0.25) is 5.02 Å². The Balaban J connectivity index is 2.48. The van der Waals surface area contributed by atoms with Crippen molar-refractivity contribution in [3.8, 4) is 12.1 Å². The number of anilines is 1. The fourth-order valence-corrected chi connectivity index (χ4v) is 2.19. The van der Waals surface area contributed by atoms with Crippen LogP contribution >= 0.6 is 11.6 Å². The maximum Gasteiger partial charge on any atom is 0.195 e. The molecule has 2 rings (SSSR count). The van der Waals surface area contributed by atoms with Crippen LogP contribution in [-0.2, 0) is 0 Å². The largest absolute Gasteiger partial charge is 0.357 e. The number of carbonyl (C=O) groups excluding carboxylic acids is 1. The van der Waals surface area contributed by atoms with Crippen LogP contribution in [0.5, 0.6) is 0 Å². The Labute approximate surface area is 139 Å². The summed E-state index contributed by atoms with van der Waals surface area (Å²) in [6.45, 7) is 1.60. The van der Waals surface area contributed by atoms with Gasteiger partial charge in [0.2, 0.25) is 0 Å². The zero-order valence-corrected chi connectivity index (χ0v) is 13.1. The summed E-state index contributed by atoms with van der Waals surface area (Å²) in [6.07, 6.45) is 0. The van der Waals surface area contributed by atoms with Gasteiger partial charge in [0.25, 0.3) is 0 Å². The Bertz CT molecular complexity index is 842. The summed E-state index contributed by atoms with van der Waals surface area (Å²) in [4.78, 5) is 12.7. The molecule has 0 heterocycles. The van der Waals surface area contributed by atoms with E-state index in [0.717, 1.165) is 0 Å². The van der Waals surface area contributed by atoms with E-state index in [4.69, 9.17) is 22.1 Å². The fraction of sp³-hybridized carbons (Fsp3) is 0.0556. The van der Waals surface area contributed by atoms with Crippen molar-refractivity contribution in [1.29, 1.82) is 10.5 Å². The van der Waals surface area contributed by atoms with Gasteiger partial charge in [-0.3, -0.25) is 4.79 Å². The van der Waals surface area contributed by atoms with Gasteiger partial charge in [-0.05, 0) is 25.1 Å². The Morgan fingerprint density at radius 3 is 2.35 bits per heavy atom. The third-order valence-electron chi connectivity index (χ3n) is 3.18. The van der Waals surface area contributed by atoms with E-state index in [1.165, 1.54) is 0 Å². The number of hydrogen-bond donors (Lipinski definition) is 1. The summed E-state index contributed by atoms with van der Waals surface area (Å²) in [6, 6.07) is 17.3. The molecule has 4 nitrogen and oxygen atoms in total. The van der Waals surface area contributed by atoms with Gasteiger partial charge in [0.15, 0.2) is 5.78 Å². The van der Waals surface area contributed by atoms with Crippen LogP contribution in [0.15, 0.2) is 59.8 Å². The molecule has 0 unspecified atom stereocenters. The highest BCUT2D eigenvalue weighted by atomic mass is 35.5. The van der Waals surface area contributed by atoms with Gasteiger partial charge in [0.1, 0.15) is 17.7 Å². The molecule has 0 aliphatic rings. The number of ketones is 1. The molecule has 1 N–H and O–H groups in total. The van der Waals surface area contributed by atoms with Crippen LogP contribution in [0.1, 0.15) is 22.8 Å². The molecule has 0 fully saturated rings. The average molecular weight is 322 g/mol. The van der Waals surface area contributed by atoms with E-state index in [9.17, 15) is 4.79 Å². The Hall–Kier alpha value is -3.08. The van der Waals surface area contributed by atoms with E-state index in [1.807, 2.05) is 18.2 Å². The van der Waals surface area contributed by atoms with E-state index >= 15 is 0 Å². The van der Waals surface area contributed by atoms with Gasteiger partial charge < -0.3 is 5.32 Å². The summed E-state index contributed by atoms with van der Waals surface area (Å²) in [5, 5.41) is 21.2. The Kier molecular flexibility index (Phi) is 5.15. The molecule has 0 saturated carbocycles. The van der Waals surface area contributed by atoms with Crippen molar-refractivity contribution in [2.75, 3.05) is 5.32 Å². The molecule has 112 valence electrons. The molecule has 0 amide bonds. The lowest BCUT2D eigenvalue weighted by molar-refractivity contribution is 0.103. The van der Waals surface area contributed by atoms with E-state index < -0.39 is 0 Å². The van der Waals surface area contributed by atoms with Crippen LogP contribution in [0.25, 0.3) is 0 Å². The van der Waals surface area contributed by atoms with Gasteiger partial charge in [-0.25, -0.2) is 0 Å². The van der Waals surface area contributed by atoms with Gasteiger partial charge in [0, 0.05) is 27.5 Å². The standard InChI is InChI=1S/C18H12ClN3O/c1-12(14(10-20)11-21)22-17-8-7-15(19)9-16(17)18(23)13-5-3-2-4-6-13/h2-9,22H,1H3. The average Bonchev–Trinajstić information content (AvgIpc) is 2.57. The second-order valence-electron chi connectivity index (χ2n) is 4.73. The lowest BCUT2D eigenvalue weighted by atomic mass is 10.0. The van der Waals surface area contributed by atoms with Crippen LogP contribution < -0.4 is 5.32 Å². The van der Waals surface area contributed by atoms with Crippen molar-refractivity contribution in [2.24, 2.45) is 0 Å². The summed E-state index contributed by atoms with van der Waals surface area (Å²) in [5.41, 5.74) is 1.72. The molecule has 0 spiro atoms. The van der Waals surface area contributed by atoms with Crippen LogP contribution in [0.4, 0.5) is 5.69 Å². The molecule has 0 aromatic heterocycles. The number of nitrogens with one attached hydrogen (secondary N) is 1. The third-order valence-corrected chi connectivity index (χ3v) is 3.42. The zero-order chi connectivity index (χ0) is 16.8. The molecule has 23 heavy (non-hydrogen) atoms.